The first-order chi connectivity index (χ1) is 12.0. The zero-order valence-corrected chi connectivity index (χ0v) is 14.3. The maximum Gasteiger partial charge on any atom is 0.255 e. The van der Waals surface area contributed by atoms with E-state index in [9.17, 15) is 13.6 Å². The molecule has 0 radical (unpaired) electrons. The number of benzene rings is 2. The average molecular weight is 366 g/mol. The van der Waals surface area contributed by atoms with Crippen molar-refractivity contribution in [2.24, 2.45) is 0 Å². The van der Waals surface area contributed by atoms with Gasteiger partial charge >= 0.3 is 0 Å². The molecule has 3 nitrogen and oxygen atoms in total. The second-order valence-corrected chi connectivity index (χ2v) is 6.45. The van der Waals surface area contributed by atoms with Gasteiger partial charge in [0, 0.05) is 18.7 Å². The third kappa shape index (κ3) is 4.35. The Bertz CT molecular complexity index is 769. The summed E-state index contributed by atoms with van der Waals surface area (Å²) in [6.07, 6.45) is 1.33. The van der Waals surface area contributed by atoms with Gasteiger partial charge in [0.25, 0.3) is 5.91 Å². The molecule has 0 aliphatic carbocycles. The Kier molecular flexibility index (Phi) is 5.66. The lowest BCUT2D eigenvalue weighted by Gasteiger charge is -2.33. The van der Waals surface area contributed by atoms with Crippen molar-refractivity contribution < 1.29 is 18.3 Å². The Balaban J connectivity index is 1.62. The third-order valence-electron chi connectivity index (χ3n) is 4.25. The van der Waals surface area contributed by atoms with Gasteiger partial charge in [-0.05, 0) is 43.2 Å². The Morgan fingerprint density at radius 2 is 2.04 bits per heavy atom. The molecule has 1 heterocycles. The van der Waals surface area contributed by atoms with Gasteiger partial charge in [-0.3, -0.25) is 4.79 Å². The Morgan fingerprint density at radius 1 is 1.24 bits per heavy atom. The molecular weight excluding hydrogens is 348 g/mol. The molecule has 0 bridgehead atoms. The Hall–Kier alpha value is -1.98. The molecule has 2 aromatic rings. The quantitative estimate of drug-likeness (QED) is 0.801. The van der Waals surface area contributed by atoms with Crippen molar-refractivity contribution >= 4 is 17.5 Å². The molecule has 1 saturated heterocycles. The second kappa shape index (κ2) is 7.93. The van der Waals surface area contributed by atoms with Gasteiger partial charge in [-0.15, -0.1) is 0 Å². The van der Waals surface area contributed by atoms with E-state index in [0.717, 1.165) is 31.0 Å². The number of hydrogen-bond acceptors (Lipinski definition) is 2. The molecule has 132 valence electrons. The van der Waals surface area contributed by atoms with Crippen LogP contribution in [0.4, 0.5) is 8.78 Å². The summed E-state index contributed by atoms with van der Waals surface area (Å²) in [5, 5.41) is 0.414. The normalized spacial score (nSPS) is 17.6. The third-order valence-corrected chi connectivity index (χ3v) is 4.58. The Labute approximate surface area is 150 Å². The first-order valence-electron chi connectivity index (χ1n) is 8.14. The van der Waals surface area contributed by atoms with Crippen LogP contribution < -0.4 is 0 Å². The molecule has 1 aliphatic rings. The fourth-order valence-corrected chi connectivity index (χ4v) is 3.14. The first kappa shape index (κ1) is 17.8. The predicted octanol–water partition coefficient (Wildman–Crippen LogP) is 4.44. The number of likely N-dealkylation sites (tertiary alicyclic amines) is 1. The van der Waals surface area contributed by atoms with E-state index < -0.39 is 11.6 Å². The van der Waals surface area contributed by atoms with Crippen LogP contribution in [0.15, 0.2) is 42.5 Å². The predicted molar refractivity (Wildman–Crippen MR) is 91.5 cm³/mol. The minimum atomic E-state index is -0.501. The largest absolute Gasteiger partial charge is 0.372 e. The van der Waals surface area contributed by atoms with Crippen LogP contribution in [0.25, 0.3) is 0 Å². The van der Waals surface area contributed by atoms with Crippen LogP contribution >= 0.6 is 11.6 Å². The second-order valence-electron chi connectivity index (χ2n) is 6.04. The number of amides is 1. The maximum atomic E-state index is 13.7. The lowest BCUT2D eigenvalue weighted by Crippen LogP contribution is -2.43. The maximum absolute atomic E-state index is 13.7. The minimum Gasteiger partial charge on any atom is -0.372 e. The lowest BCUT2D eigenvalue weighted by molar-refractivity contribution is -0.00769. The number of nitrogens with zero attached hydrogens (tertiary/aromatic N) is 1. The van der Waals surface area contributed by atoms with Gasteiger partial charge in [-0.2, -0.15) is 0 Å². The zero-order chi connectivity index (χ0) is 17.8. The SMILES string of the molecule is O=C(c1ccccc1Cl)N1CCC[C@@H](OCc2cc(F)ccc2F)C1. The van der Waals surface area contributed by atoms with E-state index in [1.165, 1.54) is 0 Å². The number of rotatable bonds is 4. The van der Waals surface area contributed by atoms with Crippen LogP contribution in [0, 0.1) is 11.6 Å². The van der Waals surface area contributed by atoms with Crippen LogP contribution in [0.2, 0.25) is 5.02 Å². The highest BCUT2D eigenvalue weighted by Gasteiger charge is 2.26. The molecule has 0 saturated carbocycles. The van der Waals surface area contributed by atoms with Crippen molar-refractivity contribution in [1.29, 1.82) is 0 Å². The smallest absolute Gasteiger partial charge is 0.255 e. The van der Waals surface area contributed by atoms with Crippen LogP contribution in [0.5, 0.6) is 0 Å². The molecule has 0 N–H and O–H groups in total. The van der Waals surface area contributed by atoms with E-state index in [2.05, 4.69) is 0 Å². The monoisotopic (exact) mass is 365 g/mol. The summed E-state index contributed by atoms with van der Waals surface area (Å²) in [4.78, 5) is 14.3. The summed E-state index contributed by atoms with van der Waals surface area (Å²) in [7, 11) is 0. The van der Waals surface area contributed by atoms with Gasteiger partial charge in [0.05, 0.1) is 23.3 Å². The highest BCUT2D eigenvalue weighted by atomic mass is 35.5. The highest BCUT2D eigenvalue weighted by Crippen LogP contribution is 2.22. The molecule has 0 unspecified atom stereocenters. The number of piperidine rings is 1. The van der Waals surface area contributed by atoms with E-state index in [0.29, 0.717) is 23.7 Å². The molecule has 0 spiro atoms. The summed E-state index contributed by atoms with van der Waals surface area (Å²) in [5.41, 5.74) is 0.635. The van der Waals surface area contributed by atoms with Crippen LogP contribution in [-0.2, 0) is 11.3 Å². The van der Waals surface area contributed by atoms with Crippen molar-refractivity contribution in [2.75, 3.05) is 13.1 Å². The zero-order valence-electron chi connectivity index (χ0n) is 13.6. The molecule has 25 heavy (non-hydrogen) atoms. The van der Waals surface area contributed by atoms with Crippen molar-refractivity contribution in [3.05, 3.63) is 70.2 Å². The van der Waals surface area contributed by atoms with E-state index in [1.807, 2.05) is 0 Å². The van der Waals surface area contributed by atoms with Gasteiger partial charge in [-0.25, -0.2) is 8.78 Å². The molecule has 1 aliphatic heterocycles. The number of hydrogen-bond donors (Lipinski definition) is 0. The summed E-state index contributed by atoms with van der Waals surface area (Å²) in [6.45, 7) is 1.00. The van der Waals surface area contributed by atoms with E-state index in [4.69, 9.17) is 16.3 Å². The molecule has 2 aromatic carbocycles. The first-order valence-corrected chi connectivity index (χ1v) is 8.51. The molecule has 1 fully saturated rings. The number of carbonyl (C=O) groups is 1. The summed E-state index contributed by atoms with van der Waals surface area (Å²) >= 11 is 6.09. The van der Waals surface area contributed by atoms with E-state index >= 15 is 0 Å². The van der Waals surface area contributed by atoms with Gasteiger partial charge in [-0.1, -0.05) is 23.7 Å². The summed E-state index contributed by atoms with van der Waals surface area (Å²) < 4.78 is 32.6. The van der Waals surface area contributed by atoms with Gasteiger partial charge in [0.1, 0.15) is 11.6 Å². The fourth-order valence-electron chi connectivity index (χ4n) is 2.93. The molecule has 3 rings (SSSR count). The molecule has 1 atom stereocenters. The van der Waals surface area contributed by atoms with Gasteiger partial charge < -0.3 is 9.64 Å². The van der Waals surface area contributed by atoms with Gasteiger partial charge in [0.15, 0.2) is 0 Å². The van der Waals surface area contributed by atoms with Crippen LogP contribution in [0.1, 0.15) is 28.8 Å². The number of halogens is 3. The summed E-state index contributed by atoms with van der Waals surface area (Å²) in [6, 6.07) is 10.2. The van der Waals surface area contributed by atoms with Gasteiger partial charge in [0.2, 0.25) is 0 Å². The van der Waals surface area contributed by atoms with Crippen LogP contribution in [0.3, 0.4) is 0 Å². The topological polar surface area (TPSA) is 29.5 Å². The molecular formula is C19H18ClF2NO2. The van der Waals surface area contributed by atoms with E-state index in [1.54, 1.807) is 29.2 Å². The highest BCUT2D eigenvalue weighted by molar-refractivity contribution is 6.33. The number of ether oxygens (including phenoxy) is 1. The van der Waals surface area contributed by atoms with Crippen molar-refractivity contribution in [2.45, 2.75) is 25.6 Å². The Morgan fingerprint density at radius 3 is 2.84 bits per heavy atom. The van der Waals surface area contributed by atoms with Crippen molar-refractivity contribution in [1.82, 2.24) is 4.90 Å². The molecule has 0 aromatic heterocycles. The molecule has 1 amide bonds. The standard InChI is InChI=1S/C19H18ClF2NO2/c20-17-6-2-1-5-16(17)19(24)23-9-3-4-15(11-23)25-12-13-10-14(21)7-8-18(13)22/h1-2,5-8,10,15H,3-4,9,11-12H2/t15-/m1/s1. The van der Waals surface area contributed by atoms with Crippen molar-refractivity contribution in [3.63, 3.8) is 0 Å². The average Bonchev–Trinajstić information content (AvgIpc) is 2.62. The fraction of sp³-hybridized carbons (Fsp3) is 0.316. The van der Waals surface area contributed by atoms with E-state index in [-0.39, 0.29) is 24.2 Å². The minimum absolute atomic E-state index is 0.0254. The summed E-state index contributed by atoms with van der Waals surface area (Å²) in [5.74, 6) is -1.14. The van der Waals surface area contributed by atoms with Crippen molar-refractivity contribution in [3.8, 4) is 0 Å². The van der Waals surface area contributed by atoms with Crippen LogP contribution in [-0.4, -0.2) is 30.0 Å². The lowest BCUT2D eigenvalue weighted by atomic mass is 10.1. The molecule has 6 heteroatoms. The number of carbonyl (C=O) groups excluding carboxylic acids is 1.